The standard InChI is InChI=1S/C34H42N2O2.2HI/c1-35(2,3)25-7-27-37-33-21-17-31(18-22-33)15-13-29-9-11-30(12-10-29)14-16-32-19-23-34(24-20-32)38-28-8-26-36(4,5)6;;/h9-12,17-24H,7-8,25-28H2,1-6H3;2*1H/q+2;;/p-2. The summed E-state index contributed by atoms with van der Waals surface area (Å²) in [4.78, 5) is 0. The van der Waals surface area contributed by atoms with Crippen molar-refractivity contribution in [3.05, 3.63) is 95.1 Å². The summed E-state index contributed by atoms with van der Waals surface area (Å²) in [6.07, 6.45) is 2.06. The topological polar surface area (TPSA) is 18.5 Å². The molecule has 0 saturated carbocycles. The van der Waals surface area contributed by atoms with Crippen LogP contribution in [0.3, 0.4) is 0 Å². The van der Waals surface area contributed by atoms with Gasteiger partial charge in [0.05, 0.1) is 68.6 Å². The van der Waals surface area contributed by atoms with Gasteiger partial charge >= 0.3 is 0 Å². The summed E-state index contributed by atoms with van der Waals surface area (Å²) in [7, 11) is 13.2. The minimum Gasteiger partial charge on any atom is -1.00 e. The molecule has 0 heterocycles. The molecule has 3 aromatic rings. The van der Waals surface area contributed by atoms with Crippen molar-refractivity contribution in [2.75, 3.05) is 68.6 Å². The molecule has 0 N–H and O–H groups in total. The van der Waals surface area contributed by atoms with Crippen LogP contribution in [0.4, 0.5) is 0 Å². The zero-order valence-corrected chi connectivity index (χ0v) is 29.0. The Morgan fingerprint density at radius 1 is 0.450 bits per heavy atom. The van der Waals surface area contributed by atoms with E-state index in [9.17, 15) is 0 Å². The van der Waals surface area contributed by atoms with Gasteiger partial charge in [-0.05, 0) is 72.8 Å². The Balaban J connectivity index is 0.00000400. The number of rotatable bonds is 10. The lowest BCUT2D eigenvalue weighted by molar-refractivity contribution is -0.870. The van der Waals surface area contributed by atoms with Crippen LogP contribution >= 0.6 is 0 Å². The second-order valence-electron chi connectivity index (χ2n) is 11.6. The van der Waals surface area contributed by atoms with Crippen molar-refractivity contribution < 1.29 is 66.4 Å². The molecule has 0 spiro atoms. The summed E-state index contributed by atoms with van der Waals surface area (Å²) < 4.78 is 13.6. The van der Waals surface area contributed by atoms with Crippen molar-refractivity contribution in [2.45, 2.75) is 12.8 Å². The van der Waals surface area contributed by atoms with Crippen LogP contribution in [0.5, 0.6) is 11.5 Å². The third-order valence-corrected chi connectivity index (χ3v) is 5.78. The average molecular weight is 765 g/mol. The van der Waals surface area contributed by atoms with Crippen molar-refractivity contribution >= 4 is 0 Å². The molecule has 0 aliphatic rings. The van der Waals surface area contributed by atoms with Gasteiger partial charge < -0.3 is 66.4 Å². The Bertz CT molecular complexity index is 1170. The van der Waals surface area contributed by atoms with Crippen LogP contribution < -0.4 is 57.4 Å². The Hall–Kier alpha value is -2.24. The molecule has 0 saturated heterocycles. The minimum atomic E-state index is 0. The fraction of sp³-hybridized carbons (Fsp3) is 0.353. The van der Waals surface area contributed by atoms with Gasteiger partial charge in [0.2, 0.25) is 0 Å². The molecule has 0 atom stereocenters. The van der Waals surface area contributed by atoms with Gasteiger partial charge in [-0.2, -0.15) is 0 Å². The van der Waals surface area contributed by atoms with Gasteiger partial charge in [0.15, 0.2) is 0 Å². The van der Waals surface area contributed by atoms with E-state index in [1.54, 1.807) is 0 Å². The second kappa shape index (κ2) is 17.5. The lowest BCUT2D eigenvalue weighted by Crippen LogP contribution is -3.00. The van der Waals surface area contributed by atoms with E-state index >= 15 is 0 Å². The molecule has 0 fully saturated rings. The Labute approximate surface area is 276 Å². The fourth-order valence-electron chi connectivity index (χ4n) is 3.65. The highest BCUT2D eigenvalue weighted by Crippen LogP contribution is 2.14. The van der Waals surface area contributed by atoms with Crippen LogP contribution in [0.1, 0.15) is 35.1 Å². The van der Waals surface area contributed by atoms with Gasteiger partial charge in [-0.25, -0.2) is 0 Å². The highest BCUT2D eigenvalue weighted by atomic mass is 127. The van der Waals surface area contributed by atoms with Crippen molar-refractivity contribution in [3.8, 4) is 35.2 Å². The van der Waals surface area contributed by atoms with Crippen LogP contribution in [-0.4, -0.2) is 77.6 Å². The summed E-state index contributed by atoms with van der Waals surface area (Å²) in [5.74, 6) is 14.7. The first-order valence-electron chi connectivity index (χ1n) is 13.3. The third kappa shape index (κ3) is 14.9. The second-order valence-corrected chi connectivity index (χ2v) is 11.6. The van der Waals surface area contributed by atoms with Crippen LogP contribution in [0.25, 0.3) is 0 Å². The molecule has 0 aromatic heterocycles. The first-order chi connectivity index (χ1) is 18.1. The molecule has 0 aliphatic carbocycles. The molecule has 4 nitrogen and oxygen atoms in total. The normalized spacial score (nSPS) is 10.6. The largest absolute Gasteiger partial charge is 1.00 e. The molecule has 0 aliphatic heterocycles. The van der Waals surface area contributed by atoms with Gasteiger partial charge in [-0.15, -0.1) is 0 Å². The summed E-state index contributed by atoms with van der Waals surface area (Å²) in [5, 5.41) is 0. The average Bonchev–Trinajstić information content (AvgIpc) is 2.87. The van der Waals surface area contributed by atoms with E-state index in [2.05, 4.69) is 66.0 Å². The summed E-state index contributed by atoms with van der Waals surface area (Å²) in [6.45, 7) is 3.64. The number of benzene rings is 3. The number of halogens is 2. The lowest BCUT2D eigenvalue weighted by atomic mass is 10.1. The van der Waals surface area contributed by atoms with Gasteiger partial charge in [0.1, 0.15) is 11.5 Å². The van der Waals surface area contributed by atoms with Crippen molar-refractivity contribution in [1.82, 2.24) is 0 Å². The number of quaternary nitrogens is 2. The smallest absolute Gasteiger partial charge is 0.119 e. The molecule has 6 heteroatoms. The van der Waals surface area contributed by atoms with Crippen molar-refractivity contribution in [3.63, 3.8) is 0 Å². The first-order valence-corrected chi connectivity index (χ1v) is 13.3. The number of hydrogen-bond donors (Lipinski definition) is 0. The van der Waals surface area contributed by atoms with Crippen LogP contribution in [0, 0.1) is 23.7 Å². The highest BCUT2D eigenvalue weighted by Gasteiger charge is 2.06. The molecule has 214 valence electrons. The monoisotopic (exact) mass is 764 g/mol. The maximum Gasteiger partial charge on any atom is 0.119 e. The van der Waals surface area contributed by atoms with Gasteiger partial charge in [0, 0.05) is 35.1 Å². The minimum absolute atomic E-state index is 0. The predicted octanol–water partition coefficient (Wildman–Crippen LogP) is -0.556. The lowest BCUT2D eigenvalue weighted by Gasteiger charge is -2.23. The molecular weight excluding hydrogens is 722 g/mol. The predicted molar refractivity (Wildman–Crippen MR) is 157 cm³/mol. The van der Waals surface area contributed by atoms with E-state index in [1.165, 1.54) is 0 Å². The number of ether oxygens (including phenoxy) is 2. The van der Waals surface area contributed by atoms with Crippen molar-refractivity contribution in [1.29, 1.82) is 0 Å². The maximum atomic E-state index is 5.85. The first kappa shape index (κ1) is 35.8. The van der Waals surface area contributed by atoms with E-state index in [0.717, 1.165) is 81.9 Å². The molecule has 3 aromatic carbocycles. The molecular formula is C34H42I2N2O2. The zero-order chi connectivity index (χ0) is 27.4. The quantitative estimate of drug-likeness (QED) is 0.120. The Morgan fingerprint density at radius 3 is 0.950 bits per heavy atom. The molecule has 3 rings (SSSR count). The Kier molecular flexibility index (Phi) is 15.7. The summed E-state index contributed by atoms with van der Waals surface area (Å²) in [6, 6.07) is 24.0. The molecule has 0 bridgehead atoms. The number of nitrogens with zero attached hydrogens (tertiary/aromatic N) is 2. The van der Waals surface area contributed by atoms with E-state index in [1.807, 2.05) is 72.8 Å². The summed E-state index contributed by atoms with van der Waals surface area (Å²) >= 11 is 0. The van der Waals surface area contributed by atoms with Gasteiger partial charge in [0.25, 0.3) is 0 Å². The maximum absolute atomic E-state index is 5.85. The number of hydrogen-bond acceptors (Lipinski definition) is 2. The zero-order valence-electron chi connectivity index (χ0n) is 24.6. The van der Waals surface area contributed by atoms with E-state index < -0.39 is 0 Å². The fourth-order valence-corrected chi connectivity index (χ4v) is 3.65. The molecule has 40 heavy (non-hydrogen) atoms. The molecule has 0 unspecified atom stereocenters. The van der Waals surface area contributed by atoms with Gasteiger partial charge in [-0.3, -0.25) is 0 Å². The SMILES string of the molecule is C[N+](C)(C)CCCOc1ccc(C#Cc2ccc(C#Cc3ccc(OCCC[N+](C)(C)C)cc3)cc2)cc1.[I-].[I-]. The van der Waals surface area contributed by atoms with Crippen LogP contribution in [0.2, 0.25) is 0 Å². The summed E-state index contributed by atoms with van der Waals surface area (Å²) in [5.41, 5.74) is 3.85. The van der Waals surface area contributed by atoms with Crippen LogP contribution in [0.15, 0.2) is 72.8 Å². The van der Waals surface area contributed by atoms with E-state index in [4.69, 9.17) is 9.47 Å². The Morgan fingerprint density at radius 2 is 0.700 bits per heavy atom. The van der Waals surface area contributed by atoms with Crippen LogP contribution in [-0.2, 0) is 0 Å². The third-order valence-electron chi connectivity index (χ3n) is 5.78. The van der Waals surface area contributed by atoms with Gasteiger partial charge in [-0.1, -0.05) is 23.7 Å². The molecule has 0 amide bonds. The van der Waals surface area contributed by atoms with E-state index in [0.29, 0.717) is 0 Å². The van der Waals surface area contributed by atoms with E-state index in [-0.39, 0.29) is 48.0 Å². The molecule has 0 radical (unpaired) electrons. The van der Waals surface area contributed by atoms with Crippen molar-refractivity contribution in [2.24, 2.45) is 0 Å². The highest BCUT2D eigenvalue weighted by molar-refractivity contribution is 5.48.